The van der Waals surface area contributed by atoms with E-state index in [-0.39, 0.29) is 64.0 Å². The summed E-state index contributed by atoms with van der Waals surface area (Å²) in [6.45, 7) is 4.01. The lowest BCUT2D eigenvalue weighted by atomic mass is 9.80. The Balaban J connectivity index is 1.69. The van der Waals surface area contributed by atoms with Crippen molar-refractivity contribution < 1.29 is 44.2 Å². The number of aromatic hydroxyl groups is 1. The molecule has 1 aromatic heterocycles. The number of H-pyrrole nitrogens is 1. The molecule has 1 spiro atoms. The van der Waals surface area contributed by atoms with E-state index in [1.807, 2.05) is 0 Å². The molecule has 2 unspecified atom stereocenters. The van der Waals surface area contributed by atoms with Gasteiger partial charge in [-0.1, -0.05) is 0 Å². The SMILES string of the molecule is CC(=O)O[C@H]1C[C@H](C)O[C@]2(O[C@@H](CC(=O)NCC(O)C(C)O)Cc3c2c(=O)c2ccc(=N)c4c(O)[nH]nc3c24)[C@H]1O. The molecule has 1 fully saturated rings. The molecule has 7 atom stereocenters. The molecule has 14 heteroatoms. The number of hydrogen-bond donors (Lipinski definition) is 7. The summed E-state index contributed by atoms with van der Waals surface area (Å²) in [6, 6.07) is 2.77. The summed E-state index contributed by atoms with van der Waals surface area (Å²) < 4.78 is 17.9. The van der Waals surface area contributed by atoms with E-state index >= 15 is 0 Å². The Morgan fingerprint density at radius 1 is 1.29 bits per heavy atom. The standard InChI is InChI=1S/C27H32N4O10/c1-10-6-18(39-12(3)33)25(37)27(40-10)22-15(7-13(41-27)8-19(35)29-9-17(34)11(2)32)23-20-14(24(22)36)4-5-16(28)21(20)26(38)31-30-23/h4-5,10-11,13,17-18,25,28,31-32,34,37-38H,6-9H2,1-3H3,(H,29,35)/t10-,11?,13+,17?,18-,25-,27+/m0/s1. The number of hydrogen-bond acceptors (Lipinski definition) is 12. The van der Waals surface area contributed by atoms with E-state index in [1.54, 1.807) is 6.92 Å². The molecule has 2 aromatic carbocycles. The van der Waals surface area contributed by atoms with Crippen LogP contribution in [0.25, 0.3) is 21.7 Å². The number of benzene rings is 2. The van der Waals surface area contributed by atoms with Crippen LogP contribution in [0.4, 0.5) is 0 Å². The molecule has 14 nitrogen and oxygen atoms in total. The number of nitrogens with one attached hydrogen (secondary N) is 3. The number of ether oxygens (including phenoxy) is 3. The number of rotatable bonds is 6. The third kappa shape index (κ3) is 4.91. The zero-order chi connectivity index (χ0) is 29.8. The second-order valence-corrected chi connectivity index (χ2v) is 10.7. The second-order valence-electron chi connectivity index (χ2n) is 10.7. The van der Waals surface area contributed by atoms with Gasteiger partial charge in [0.15, 0.2) is 5.43 Å². The molecule has 5 rings (SSSR count). The number of aliphatic hydroxyl groups excluding tert-OH is 3. The molecule has 7 N–H and O–H groups in total. The monoisotopic (exact) mass is 572 g/mol. The van der Waals surface area contributed by atoms with E-state index in [9.17, 15) is 34.8 Å². The number of amides is 1. The van der Waals surface area contributed by atoms with Crippen molar-refractivity contribution >= 4 is 33.6 Å². The lowest BCUT2D eigenvalue weighted by Gasteiger charge is -2.50. The van der Waals surface area contributed by atoms with Crippen LogP contribution >= 0.6 is 0 Å². The highest BCUT2D eigenvalue weighted by Crippen LogP contribution is 2.47. The molecule has 41 heavy (non-hydrogen) atoms. The number of aliphatic hydroxyl groups is 3. The summed E-state index contributed by atoms with van der Waals surface area (Å²) in [5, 5.41) is 59.4. The molecule has 0 aliphatic carbocycles. The largest absolute Gasteiger partial charge is 0.493 e. The van der Waals surface area contributed by atoms with Crippen molar-refractivity contribution in [2.75, 3.05) is 6.54 Å². The zero-order valence-corrected chi connectivity index (χ0v) is 22.6. The Morgan fingerprint density at radius 2 is 2.02 bits per heavy atom. The fraction of sp³-hybridized carbons (Fsp3) is 0.519. The predicted molar refractivity (Wildman–Crippen MR) is 141 cm³/mol. The molecule has 3 heterocycles. The van der Waals surface area contributed by atoms with Gasteiger partial charge in [-0.15, -0.1) is 0 Å². The number of carbonyl (C=O) groups is 2. The predicted octanol–water partition coefficient (Wildman–Crippen LogP) is -0.857. The number of aromatic amines is 1. The Kier molecular flexibility index (Phi) is 7.46. The Morgan fingerprint density at radius 3 is 2.71 bits per heavy atom. The average Bonchev–Trinajstić information content (AvgIpc) is 2.89. The highest BCUT2D eigenvalue weighted by molar-refractivity contribution is 6.11. The first kappa shape index (κ1) is 28.8. The number of fused-ring (bicyclic) bond motifs is 3. The minimum Gasteiger partial charge on any atom is -0.493 e. The maximum absolute atomic E-state index is 14.1. The highest BCUT2D eigenvalue weighted by atomic mass is 16.7. The molecule has 2 aliphatic heterocycles. The van der Waals surface area contributed by atoms with Gasteiger partial charge in [0.2, 0.25) is 17.6 Å². The van der Waals surface area contributed by atoms with Gasteiger partial charge in [0.05, 0.1) is 52.7 Å². The molecule has 2 aliphatic rings. The van der Waals surface area contributed by atoms with Crippen LogP contribution in [0.15, 0.2) is 16.9 Å². The fourth-order valence-electron chi connectivity index (χ4n) is 5.79. The van der Waals surface area contributed by atoms with Gasteiger partial charge >= 0.3 is 5.97 Å². The Bertz CT molecular complexity index is 1620. The fourth-order valence-corrected chi connectivity index (χ4v) is 5.79. The van der Waals surface area contributed by atoms with Gasteiger partial charge in [0.25, 0.3) is 0 Å². The van der Waals surface area contributed by atoms with Crippen LogP contribution < -0.4 is 16.1 Å². The lowest BCUT2D eigenvalue weighted by molar-refractivity contribution is -0.365. The number of carbonyl (C=O) groups excluding carboxylic acids is 2. The summed E-state index contributed by atoms with van der Waals surface area (Å²) in [5.41, 5.74) is -0.181. The normalized spacial score (nSPS) is 27.5. The highest BCUT2D eigenvalue weighted by Gasteiger charge is 2.58. The van der Waals surface area contributed by atoms with Crippen LogP contribution in [0.5, 0.6) is 5.88 Å². The summed E-state index contributed by atoms with van der Waals surface area (Å²) in [5.74, 6) is -3.76. The van der Waals surface area contributed by atoms with Crippen LogP contribution in [0.3, 0.4) is 0 Å². The van der Waals surface area contributed by atoms with E-state index in [0.717, 1.165) is 0 Å². The minimum absolute atomic E-state index is 0.0414. The molecule has 0 saturated carbocycles. The van der Waals surface area contributed by atoms with Crippen LogP contribution in [-0.4, -0.2) is 85.7 Å². The first-order valence-corrected chi connectivity index (χ1v) is 13.2. The van der Waals surface area contributed by atoms with Crippen molar-refractivity contribution in [3.05, 3.63) is 38.8 Å². The summed E-state index contributed by atoms with van der Waals surface area (Å²) in [7, 11) is 0. The zero-order valence-electron chi connectivity index (χ0n) is 22.6. The number of aromatic nitrogens is 2. The summed E-state index contributed by atoms with van der Waals surface area (Å²) >= 11 is 0. The van der Waals surface area contributed by atoms with E-state index in [2.05, 4.69) is 15.5 Å². The summed E-state index contributed by atoms with van der Waals surface area (Å²) in [4.78, 5) is 38.9. The molecular formula is C27H32N4O10. The van der Waals surface area contributed by atoms with E-state index in [1.165, 1.54) is 26.0 Å². The van der Waals surface area contributed by atoms with Gasteiger partial charge in [-0.3, -0.25) is 14.4 Å². The average molecular weight is 573 g/mol. The molecule has 0 radical (unpaired) electrons. The van der Waals surface area contributed by atoms with Crippen LogP contribution in [0.2, 0.25) is 0 Å². The van der Waals surface area contributed by atoms with E-state index in [4.69, 9.17) is 19.6 Å². The van der Waals surface area contributed by atoms with E-state index < -0.39 is 65.6 Å². The summed E-state index contributed by atoms with van der Waals surface area (Å²) in [6.07, 6.45) is -6.92. The van der Waals surface area contributed by atoms with Crippen molar-refractivity contribution in [2.45, 2.75) is 82.4 Å². The number of nitrogens with zero attached hydrogens (tertiary/aromatic N) is 1. The topological polar surface area (TPSA) is 224 Å². The van der Waals surface area contributed by atoms with Gasteiger partial charge in [-0.25, -0.2) is 5.10 Å². The first-order chi connectivity index (χ1) is 19.3. The van der Waals surface area contributed by atoms with Crippen molar-refractivity contribution in [3.63, 3.8) is 0 Å². The van der Waals surface area contributed by atoms with Gasteiger partial charge in [-0.2, -0.15) is 5.10 Å². The third-order valence-corrected chi connectivity index (χ3v) is 7.61. The maximum atomic E-state index is 14.1. The van der Waals surface area contributed by atoms with Crippen LogP contribution in [0.1, 0.15) is 44.7 Å². The van der Waals surface area contributed by atoms with Gasteiger partial charge in [0, 0.05) is 37.1 Å². The molecule has 0 bridgehead atoms. The molecule has 220 valence electrons. The molecule has 3 aromatic rings. The van der Waals surface area contributed by atoms with Crippen molar-refractivity contribution in [1.29, 1.82) is 5.41 Å². The van der Waals surface area contributed by atoms with Crippen LogP contribution in [0, 0.1) is 5.41 Å². The first-order valence-electron chi connectivity index (χ1n) is 13.2. The molecule has 1 amide bonds. The minimum atomic E-state index is -2.16. The number of esters is 1. The molecule has 1 saturated heterocycles. The third-order valence-electron chi connectivity index (χ3n) is 7.61. The van der Waals surface area contributed by atoms with Crippen molar-refractivity contribution in [1.82, 2.24) is 15.5 Å². The van der Waals surface area contributed by atoms with Crippen molar-refractivity contribution in [2.24, 2.45) is 0 Å². The maximum Gasteiger partial charge on any atom is 0.303 e. The lowest BCUT2D eigenvalue weighted by Crippen LogP contribution is -2.62. The Hall–Kier alpha value is -3.69. The molecular weight excluding hydrogens is 540 g/mol. The second kappa shape index (κ2) is 10.6. The van der Waals surface area contributed by atoms with Gasteiger partial charge in [0.1, 0.15) is 12.2 Å². The van der Waals surface area contributed by atoms with Crippen LogP contribution in [-0.2, 0) is 36.0 Å². The quantitative estimate of drug-likeness (QED) is 0.180. The van der Waals surface area contributed by atoms with E-state index in [0.29, 0.717) is 0 Å². The van der Waals surface area contributed by atoms with Gasteiger partial charge in [-0.05, 0) is 31.5 Å². The Labute approximate surface area is 232 Å². The smallest absolute Gasteiger partial charge is 0.303 e. The van der Waals surface area contributed by atoms with Gasteiger partial charge < -0.3 is 45.4 Å². The van der Waals surface area contributed by atoms with Crippen molar-refractivity contribution in [3.8, 4) is 5.88 Å².